The molecule has 0 spiro atoms. The molecule has 0 aromatic carbocycles. The van der Waals surface area contributed by atoms with Gasteiger partial charge in [0.1, 0.15) is 19.3 Å². The van der Waals surface area contributed by atoms with Crippen molar-refractivity contribution in [3.05, 3.63) is 0 Å². The Labute approximate surface area is 568 Å². The number of hydrogen-bond donors (Lipinski definition) is 3. The molecule has 0 aromatic heterocycles. The molecular formula is C74H144O17P2. The van der Waals surface area contributed by atoms with E-state index < -0.39 is 97.5 Å². The van der Waals surface area contributed by atoms with Crippen molar-refractivity contribution in [2.24, 2.45) is 23.7 Å². The second-order valence-corrected chi connectivity index (χ2v) is 31.3. The molecule has 0 aliphatic rings. The van der Waals surface area contributed by atoms with Crippen molar-refractivity contribution in [2.45, 2.75) is 388 Å². The molecule has 3 N–H and O–H groups in total. The van der Waals surface area contributed by atoms with Crippen LogP contribution in [0.1, 0.15) is 370 Å². The predicted molar refractivity (Wildman–Crippen MR) is 377 cm³/mol. The molecule has 0 radical (unpaired) electrons. The van der Waals surface area contributed by atoms with Crippen LogP contribution in [0.3, 0.4) is 0 Å². The largest absolute Gasteiger partial charge is 0.472 e. The van der Waals surface area contributed by atoms with Gasteiger partial charge in [0.2, 0.25) is 0 Å². The summed E-state index contributed by atoms with van der Waals surface area (Å²) in [6.45, 7) is 14.2. The van der Waals surface area contributed by atoms with E-state index >= 15 is 0 Å². The molecule has 0 aliphatic carbocycles. The minimum absolute atomic E-state index is 0.104. The zero-order chi connectivity index (χ0) is 68.9. The molecule has 0 aromatic rings. The van der Waals surface area contributed by atoms with E-state index in [1.807, 2.05) is 0 Å². The van der Waals surface area contributed by atoms with E-state index in [1.54, 1.807) is 0 Å². The molecule has 0 heterocycles. The van der Waals surface area contributed by atoms with Gasteiger partial charge >= 0.3 is 39.5 Å². The highest BCUT2D eigenvalue weighted by Gasteiger charge is 2.30. The molecule has 0 saturated heterocycles. The molecule has 552 valence electrons. The average molecular weight is 1370 g/mol. The standard InChI is InChI=1S/C74H144O17P2/c1-9-67(8)53-45-37-29-19-14-12-10-11-13-15-21-32-40-48-56-73(78)90-69(60-84-71(76)54-46-38-30-20-17-16-18-26-34-42-50-64(2)3)62-88-92(80,81)86-58-68(75)59-87-93(82,83)89-63-70(91-74(79)57-49-41-33-25-23-28-36-44-52-66(6)7)61-85-72(77)55-47-39-31-24-22-27-35-43-51-65(4)5/h64-70,75H,9-63H2,1-8H3,(H,80,81)(H,82,83)/t67?,68?,69-,70-/m1/s1. The highest BCUT2D eigenvalue weighted by atomic mass is 31.2. The molecule has 0 saturated carbocycles. The summed E-state index contributed by atoms with van der Waals surface area (Å²) in [6, 6.07) is 0. The van der Waals surface area contributed by atoms with Crippen LogP contribution in [0, 0.1) is 23.7 Å². The van der Waals surface area contributed by atoms with Gasteiger partial charge in [-0.05, 0) is 49.4 Å². The van der Waals surface area contributed by atoms with E-state index in [0.29, 0.717) is 25.7 Å². The number of phosphoric acid groups is 2. The Hall–Kier alpha value is -1.94. The Kier molecular flexibility index (Phi) is 62.2. The molecule has 0 fully saturated rings. The van der Waals surface area contributed by atoms with Gasteiger partial charge < -0.3 is 33.8 Å². The second-order valence-electron chi connectivity index (χ2n) is 28.4. The molecule has 0 bridgehead atoms. The highest BCUT2D eigenvalue weighted by Crippen LogP contribution is 2.45. The summed E-state index contributed by atoms with van der Waals surface area (Å²) >= 11 is 0. The molecule has 93 heavy (non-hydrogen) atoms. The zero-order valence-electron chi connectivity index (χ0n) is 60.9. The first-order valence-corrected chi connectivity index (χ1v) is 41.2. The Balaban J connectivity index is 5.25. The van der Waals surface area contributed by atoms with Crippen molar-refractivity contribution in [2.75, 3.05) is 39.6 Å². The van der Waals surface area contributed by atoms with Crippen molar-refractivity contribution in [1.29, 1.82) is 0 Å². The zero-order valence-corrected chi connectivity index (χ0v) is 62.7. The molecule has 0 amide bonds. The van der Waals surface area contributed by atoms with Crippen LogP contribution in [0.25, 0.3) is 0 Å². The highest BCUT2D eigenvalue weighted by molar-refractivity contribution is 7.47. The summed E-state index contributed by atoms with van der Waals surface area (Å²) in [5.74, 6) is 0.924. The Morgan fingerprint density at radius 3 is 0.763 bits per heavy atom. The van der Waals surface area contributed by atoms with Gasteiger partial charge in [-0.25, -0.2) is 9.13 Å². The van der Waals surface area contributed by atoms with Crippen LogP contribution in [0.5, 0.6) is 0 Å². The van der Waals surface area contributed by atoms with Crippen LogP contribution in [-0.2, 0) is 65.4 Å². The maximum absolute atomic E-state index is 13.1. The van der Waals surface area contributed by atoms with Crippen molar-refractivity contribution >= 4 is 39.5 Å². The maximum atomic E-state index is 13.1. The fourth-order valence-electron chi connectivity index (χ4n) is 11.2. The van der Waals surface area contributed by atoms with Gasteiger partial charge in [0.15, 0.2) is 12.2 Å². The van der Waals surface area contributed by atoms with Gasteiger partial charge in [0.25, 0.3) is 0 Å². The second kappa shape index (κ2) is 63.5. The number of carbonyl (C=O) groups is 4. The topological polar surface area (TPSA) is 237 Å². The normalized spacial score (nSPS) is 14.5. The van der Waals surface area contributed by atoms with Gasteiger partial charge in [-0.3, -0.25) is 37.3 Å². The quantitative estimate of drug-likeness (QED) is 0.0222. The minimum Gasteiger partial charge on any atom is -0.462 e. The lowest BCUT2D eigenvalue weighted by Gasteiger charge is -2.21. The van der Waals surface area contributed by atoms with E-state index in [-0.39, 0.29) is 25.7 Å². The van der Waals surface area contributed by atoms with Crippen LogP contribution < -0.4 is 0 Å². The fourth-order valence-corrected chi connectivity index (χ4v) is 12.7. The third-order valence-electron chi connectivity index (χ3n) is 17.4. The van der Waals surface area contributed by atoms with Crippen molar-refractivity contribution < 1.29 is 80.2 Å². The molecular weight excluding hydrogens is 1220 g/mol. The number of rotatable bonds is 71. The third kappa shape index (κ3) is 67.0. The van der Waals surface area contributed by atoms with Crippen molar-refractivity contribution in [1.82, 2.24) is 0 Å². The predicted octanol–water partition coefficient (Wildman–Crippen LogP) is 21.3. The Morgan fingerprint density at radius 2 is 0.516 bits per heavy atom. The number of aliphatic hydroxyl groups excluding tert-OH is 1. The fraction of sp³-hybridized carbons (Fsp3) is 0.946. The first-order valence-electron chi connectivity index (χ1n) is 38.2. The molecule has 0 rings (SSSR count). The van der Waals surface area contributed by atoms with Gasteiger partial charge in [-0.2, -0.15) is 0 Å². The van der Waals surface area contributed by atoms with Crippen molar-refractivity contribution in [3.8, 4) is 0 Å². The molecule has 6 atom stereocenters. The summed E-state index contributed by atoms with van der Waals surface area (Å²) < 4.78 is 68.4. The van der Waals surface area contributed by atoms with Crippen LogP contribution in [-0.4, -0.2) is 96.7 Å². The molecule has 19 heteroatoms. The van der Waals surface area contributed by atoms with Crippen LogP contribution in [0.2, 0.25) is 0 Å². The Morgan fingerprint density at radius 1 is 0.301 bits per heavy atom. The number of carbonyl (C=O) groups excluding carboxylic acids is 4. The van der Waals surface area contributed by atoms with Crippen LogP contribution in [0.15, 0.2) is 0 Å². The summed E-state index contributed by atoms with van der Waals surface area (Å²) in [6.07, 6.45) is 47.2. The van der Waals surface area contributed by atoms with Crippen molar-refractivity contribution in [3.63, 3.8) is 0 Å². The average Bonchev–Trinajstić information content (AvgIpc) is 3.29. The lowest BCUT2D eigenvalue weighted by molar-refractivity contribution is -0.161. The first-order chi connectivity index (χ1) is 44.6. The SMILES string of the molecule is CCC(C)CCCCCCCCCCCCCCCCC(=O)O[C@H](COC(=O)CCCCCCCCCCCCC(C)C)COP(=O)(O)OCC(O)COP(=O)(O)OC[C@@H](COC(=O)CCCCCCCCCCC(C)C)OC(=O)CCCCCCCCCCC(C)C. The monoisotopic (exact) mass is 1370 g/mol. The summed E-state index contributed by atoms with van der Waals surface area (Å²) in [4.78, 5) is 72.7. The van der Waals surface area contributed by atoms with E-state index in [9.17, 15) is 43.2 Å². The number of phosphoric ester groups is 2. The first kappa shape index (κ1) is 91.1. The lowest BCUT2D eigenvalue weighted by Crippen LogP contribution is -2.30. The van der Waals surface area contributed by atoms with Crippen LogP contribution >= 0.6 is 15.6 Å². The number of ether oxygens (including phenoxy) is 4. The summed E-state index contributed by atoms with van der Waals surface area (Å²) in [5.41, 5.74) is 0. The van der Waals surface area contributed by atoms with Gasteiger partial charge in [-0.15, -0.1) is 0 Å². The molecule has 4 unspecified atom stereocenters. The third-order valence-corrected chi connectivity index (χ3v) is 19.3. The number of esters is 4. The van der Waals surface area contributed by atoms with E-state index in [2.05, 4.69) is 55.4 Å². The Bertz CT molecular complexity index is 1840. The van der Waals surface area contributed by atoms with Gasteiger partial charge in [-0.1, -0.05) is 319 Å². The molecule has 0 aliphatic heterocycles. The van der Waals surface area contributed by atoms with Gasteiger partial charge in [0, 0.05) is 25.7 Å². The van der Waals surface area contributed by atoms with E-state index in [0.717, 1.165) is 114 Å². The molecule has 17 nitrogen and oxygen atoms in total. The smallest absolute Gasteiger partial charge is 0.462 e. The van der Waals surface area contributed by atoms with Gasteiger partial charge in [0.05, 0.1) is 26.4 Å². The lowest BCUT2D eigenvalue weighted by atomic mass is 9.99. The summed E-state index contributed by atoms with van der Waals surface area (Å²) in [5, 5.41) is 10.6. The minimum atomic E-state index is -4.96. The van der Waals surface area contributed by atoms with E-state index in [1.165, 1.54) is 173 Å². The number of hydrogen-bond acceptors (Lipinski definition) is 15. The summed E-state index contributed by atoms with van der Waals surface area (Å²) in [7, 11) is -9.91. The number of unbranched alkanes of at least 4 members (excludes halogenated alkanes) is 36. The maximum Gasteiger partial charge on any atom is 0.472 e. The number of aliphatic hydroxyl groups is 1. The van der Waals surface area contributed by atoms with E-state index in [4.69, 9.17) is 37.0 Å². The van der Waals surface area contributed by atoms with Crippen LogP contribution in [0.4, 0.5) is 0 Å².